The van der Waals surface area contributed by atoms with E-state index in [1.54, 1.807) is 29.1 Å². The normalized spacial score (nSPS) is 22.3. The molecule has 3 aromatic rings. The number of hydrogen-bond donors (Lipinski definition) is 2. The Morgan fingerprint density at radius 2 is 1.40 bits per heavy atom. The number of nitrogens with one attached hydrogen (secondary N) is 2. The number of thioether (sulfide) groups is 1. The molecule has 3 saturated heterocycles. The Hall–Kier alpha value is -4.35. The second-order valence-corrected chi connectivity index (χ2v) is 15.4. The lowest BCUT2D eigenvalue weighted by Crippen LogP contribution is -2.63. The van der Waals surface area contributed by atoms with Crippen molar-refractivity contribution < 1.29 is 19.1 Å². The van der Waals surface area contributed by atoms with Crippen LogP contribution >= 0.6 is 11.8 Å². The molecule has 1 unspecified atom stereocenters. The first-order valence-electron chi connectivity index (χ1n) is 16.2. The van der Waals surface area contributed by atoms with Crippen LogP contribution in [0.2, 0.25) is 0 Å². The zero-order valence-electron chi connectivity index (χ0n) is 27.9. The third-order valence-electron chi connectivity index (χ3n) is 8.31. The number of benzene rings is 1. The fourth-order valence-corrected chi connectivity index (χ4v) is 7.75. The summed E-state index contributed by atoms with van der Waals surface area (Å²) in [6.45, 7) is 12.6. The number of carbonyl (C=O) groups excluding carboxylic acids is 2. The molecule has 3 aliphatic heterocycles. The Labute approximate surface area is 280 Å². The number of amides is 2. The van der Waals surface area contributed by atoms with Crippen molar-refractivity contribution in [2.45, 2.75) is 95.3 Å². The molecule has 0 radical (unpaired) electrons. The van der Waals surface area contributed by atoms with Gasteiger partial charge in [-0.2, -0.15) is 0 Å². The highest BCUT2D eigenvalue weighted by Gasteiger charge is 2.57. The molecule has 10 nitrogen and oxygen atoms in total. The molecule has 6 rings (SSSR count). The predicted molar refractivity (Wildman–Crippen MR) is 181 cm³/mol. The Morgan fingerprint density at radius 3 is 2.00 bits per heavy atom. The van der Waals surface area contributed by atoms with Gasteiger partial charge in [0, 0.05) is 30.0 Å². The predicted octanol–water partition coefficient (Wildman–Crippen LogP) is 6.35. The van der Waals surface area contributed by atoms with E-state index < -0.39 is 11.2 Å². The lowest BCUT2D eigenvalue weighted by atomic mass is 9.79. The van der Waals surface area contributed by atoms with Gasteiger partial charge in [-0.1, -0.05) is 11.8 Å². The van der Waals surface area contributed by atoms with Crippen LogP contribution in [-0.2, 0) is 14.9 Å². The second kappa shape index (κ2) is 12.7. The summed E-state index contributed by atoms with van der Waals surface area (Å²) >= 11 is 1.77. The molecule has 2 aromatic heterocycles. The number of likely N-dealkylation sites (tertiary alicyclic amines) is 2. The Morgan fingerprint density at radius 1 is 0.830 bits per heavy atom. The quantitative estimate of drug-likeness (QED) is 0.310. The molecule has 1 aromatic carbocycles. The molecule has 2 amide bonds. The number of H-pyrrole nitrogens is 2. The third kappa shape index (κ3) is 7.31. The zero-order chi connectivity index (χ0) is 33.4. The molecule has 3 fully saturated rings. The number of hydrogen-bond acceptors (Lipinski definition) is 7. The van der Waals surface area contributed by atoms with Crippen molar-refractivity contribution in [1.82, 2.24) is 29.7 Å². The van der Waals surface area contributed by atoms with Crippen LogP contribution < -0.4 is 0 Å². The molecular weight excluding hydrogens is 613 g/mol. The lowest BCUT2D eigenvalue weighted by Gasteiger charge is -2.55. The maximum atomic E-state index is 12.9. The standard InChI is InChI=1S/C36H42N6O4S/c1-34(2,3)45-32(43)41-19-7-9-28(41)29-37-21-26(39-29)16-14-24-10-12-25(13-11-24)15-17-27-22-38-30(40-27)36-18-8-20-42(31(36)47-23-36)33(44)46-35(4,5)6/h10-13,21-22,28,31H,7-9,18-20,23H2,1-6H3,(H,37,39)(H,38,40)/t28-,31?,36-/m0/s1. The van der Waals surface area contributed by atoms with Crippen molar-refractivity contribution in [1.29, 1.82) is 0 Å². The Bertz CT molecular complexity index is 1760. The summed E-state index contributed by atoms with van der Waals surface area (Å²) in [6.07, 6.45) is 6.51. The maximum absolute atomic E-state index is 12.9. The average Bonchev–Trinajstić information content (AvgIpc) is 3.75. The van der Waals surface area contributed by atoms with Gasteiger partial charge in [-0.3, -0.25) is 9.80 Å². The van der Waals surface area contributed by atoms with E-state index >= 15 is 0 Å². The number of ether oxygens (including phenoxy) is 2. The number of imidazole rings is 2. The number of aromatic nitrogens is 4. The van der Waals surface area contributed by atoms with Crippen LogP contribution in [0.3, 0.4) is 0 Å². The molecule has 2 N–H and O–H groups in total. The van der Waals surface area contributed by atoms with Crippen LogP contribution in [-0.4, -0.2) is 77.3 Å². The number of fused-ring (bicyclic) bond motifs is 1. The van der Waals surface area contributed by atoms with Gasteiger partial charge < -0.3 is 19.4 Å². The van der Waals surface area contributed by atoms with Crippen molar-refractivity contribution in [2.75, 3.05) is 18.8 Å². The number of nitrogens with zero attached hydrogens (tertiary/aromatic N) is 4. The molecule has 246 valence electrons. The minimum atomic E-state index is -0.546. The van der Waals surface area contributed by atoms with Gasteiger partial charge in [-0.25, -0.2) is 19.6 Å². The van der Waals surface area contributed by atoms with Gasteiger partial charge >= 0.3 is 12.2 Å². The van der Waals surface area contributed by atoms with Crippen LogP contribution in [0.25, 0.3) is 0 Å². The minimum absolute atomic E-state index is 0.00898. The van der Waals surface area contributed by atoms with Crippen LogP contribution in [0.15, 0.2) is 36.7 Å². The minimum Gasteiger partial charge on any atom is -0.444 e. The van der Waals surface area contributed by atoms with Crippen LogP contribution in [0, 0.1) is 23.7 Å². The molecule has 0 bridgehead atoms. The zero-order valence-corrected chi connectivity index (χ0v) is 28.7. The Balaban J connectivity index is 1.08. The fourth-order valence-electron chi connectivity index (χ4n) is 6.15. The van der Waals surface area contributed by atoms with Gasteiger partial charge in [0.25, 0.3) is 0 Å². The van der Waals surface area contributed by atoms with Crippen molar-refractivity contribution in [3.05, 3.63) is 70.8 Å². The second-order valence-electron chi connectivity index (χ2n) is 14.3. The Kier molecular flexibility index (Phi) is 8.80. The SMILES string of the molecule is CC(C)(C)OC(=O)N1CCC[C@@]2(c3ncc(C#Cc4ccc(C#Cc5cnc([C@@H]6CCCN6C(=O)OC(C)(C)C)[nH]5)cc4)[nH]3)CSC12. The highest BCUT2D eigenvalue weighted by atomic mass is 32.2. The molecule has 3 atom stereocenters. The van der Waals surface area contributed by atoms with Gasteiger partial charge in [0.2, 0.25) is 0 Å². The van der Waals surface area contributed by atoms with E-state index in [1.165, 1.54) is 0 Å². The summed E-state index contributed by atoms with van der Waals surface area (Å²) < 4.78 is 11.3. The first kappa shape index (κ1) is 32.6. The smallest absolute Gasteiger partial charge is 0.411 e. The largest absolute Gasteiger partial charge is 0.444 e. The highest BCUT2D eigenvalue weighted by molar-refractivity contribution is 8.01. The fraction of sp³-hybridized carbons (Fsp3) is 0.500. The number of carbonyl (C=O) groups is 2. The van der Waals surface area contributed by atoms with Gasteiger partial charge in [0.1, 0.15) is 34.2 Å². The van der Waals surface area contributed by atoms with Gasteiger partial charge in [-0.05, 0) is 103 Å². The molecule has 11 heteroatoms. The molecule has 0 saturated carbocycles. The highest BCUT2D eigenvalue weighted by Crippen LogP contribution is 2.54. The van der Waals surface area contributed by atoms with Gasteiger partial charge in [-0.15, -0.1) is 11.8 Å². The van der Waals surface area contributed by atoms with Crippen molar-refractivity contribution in [3.8, 4) is 23.7 Å². The first-order valence-corrected chi connectivity index (χ1v) is 17.2. The van der Waals surface area contributed by atoms with E-state index in [0.717, 1.165) is 59.9 Å². The van der Waals surface area contributed by atoms with Gasteiger partial charge in [0.05, 0.1) is 29.2 Å². The van der Waals surface area contributed by atoms with E-state index in [0.29, 0.717) is 18.8 Å². The van der Waals surface area contributed by atoms with E-state index in [9.17, 15) is 9.59 Å². The number of piperidine rings is 1. The van der Waals surface area contributed by atoms with Crippen molar-refractivity contribution in [2.24, 2.45) is 0 Å². The molecule has 5 heterocycles. The lowest BCUT2D eigenvalue weighted by molar-refractivity contribution is 0.00674. The van der Waals surface area contributed by atoms with E-state index in [1.807, 2.05) is 70.7 Å². The maximum Gasteiger partial charge on any atom is 0.411 e. The average molecular weight is 655 g/mol. The number of aromatic amines is 2. The molecule has 47 heavy (non-hydrogen) atoms. The van der Waals surface area contributed by atoms with Crippen LogP contribution in [0.1, 0.15) is 107 Å². The van der Waals surface area contributed by atoms with E-state index in [4.69, 9.17) is 14.5 Å². The monoisotopic (exact) mass is 654 g/mol. The number of rotatable bonds is 2. The first-order chi connectivity index (χ1) is 22.3. The summed E-state index contributed by atoms with van der Waals surface area (Å²) in [6, 6.07) is 7.63. The molecule has 3 aliphatic rings. The molecule has 0 aliphatic carbocycles. The summed E-state index contributed by atoms with van der Waals surface area (Å²) in [5.74, 6) is 15.3. The summed E-state index contributed by atoms with van der Waals surface area (Å²) in [7, 11) is 0. The summed E-state index contributed by atoms with van der Waals surface area (Å²) in [5.41, 5.74) is 1.87. The van der Waals surface area contributed by atoms with Crippen molar-refractivity contribution in [3.63, 3.8) is 0 Å². The van der Waals surface area contributed by atoms with Crippen LogP contribution in [0.5, 0.6) is 0 Å². The summed E-state index contributed by atoms with van der Waals surface area (Å²) in [4.78, 5) is 45.1. The molecular formula is C36H42N6O4S. The van der Waals surface area contributed by atoms with E-state index in [-0.39, 0.29) is 29.0 Å². The van der Waals surface area contributed by atoms with Gasteiger partial charge in [0.15, 0.2) is 0 Å². The summed E-state index contributed by atoms with van der Waals surface area (Å²) in [5, 5.41) is 0.00898. The topological polar surface area (TPSA) is 116 Å². The molecule has 0 spiro atoms. The van der Waals surface area contributed by atoms with Crippen LogP contribution in [0.4, 0.5) is 9.59 Å². The van der Waals surface area contributed by atoms with Crippen molar-refractivity contribution >= 4 is 23.9 Å². The third-order valence-corrected chi connectivity index (χ3v) is 10.0. The van der Waals surface area contributed by atoms with E-state index in [2.05, 4.69) is 38.6 Å².